The molecule has 1 heterocycles. The molecule has 1 rings (SSSR count). The van der Waals surface area contributed by atoms with Crippen LogP contribution in [0.15, 0.2) is 0 Å². The lowest BCUT2D eigenvalue weighted by atomic mass is 10.0. The molecule has 1 saturated heterocycles. The third-order valence-corrected chi connectivity index (χ3v) is 4.37. The standard InChI is InChI=1S/C12H24OS/c1-3-4-9-12(14-2)10-7-5-6-8-11-13-12/h3-11H2,1-2H3. The summed E-state index contributed by atoms with van der Waals surface area (Å²) in [7, 11) is 0. The van der Waals surface area contributed by atoms with Crippen LogP contribution in [0.1, 0.15) is 58.3 Å². The molecular weight excluding hydrogens is 192 g/mol. The third kappa shape index (κ3) is 3.82. The Morgan fingerprint density at radius 1 is 1.21 bits per heavy atom. The Hall–Kier alpha value is 0.310. The van der Waals surface area contributed by atoms with Crippen LogP contribution in [0.25, 0.3) is 0 Å². The minimum atomic E-state index is 0.163. The minimum absolute atomic E-state index is 0.163. The highest BCUT2D eigenvalue weighted by Crippen LogP contribution is 2.37. The molecule has 0 aromatic heterocycles. The highest BCUT2D eigenvalue weighted by molar-refractivity contribution is 7.99. The Morgan fingerprint density at radius 2 is 2.00 bits per heavy atom. The van der Waals surface area contributed by atoms with Crippen LogP contribution in [0.4, 0.5) is 0 Å². The molecule has 0 aromatic rings. The maximum atomic E-state index is 6.08. The van der Waals surface area contributed by atoms with Crippen molar-refractivity contribution >= 4 is 11.8 Å². The van der Waals surface area contributed by atoms with E-state index in [1.807, 2.05) is 11.8 Å². The van der Waals surface area contributed by atoms with Crippen molar-refractivity contribution < 1.29 is 4.74 Å². The lowest BCUT2D eigenvalue weighted by Crippen LogP contribution is -2.30. The van der Waals surface area contributed by atoms with E-state index in [0.29, 0.717) is 0 Å². The molecule has 0 aromatic carbocycles. The van der Waals surface area contributed by atoms with E-state index in [4.69, 9.17) is 4.74 Å². The Bertz CT molecular complexity index is 134. The highest BCUT2D eigenvalue weighted by Gasteiger charge is 2.29. The van der Waals surface area contributed by atoms with E-state index in [1.165, 1.54) is 51.4 Å². The van der Waals surface area contributed by atoms with Crippen LogP contribution in [0, 0.1) is 0 Å². The van der Waals surface area contributed by atoms with Crippen molar-refractivity contribution in [2.45, 2.75) is 63.2 Å². The van der Waals surface area contributed by atoms with E-state index < -0.39 is 0 Å². The second-order valence-corrected chi connectivity index (χ2v) is 5.38. The number of ether oxygens (including phenoxy) is 1. The molecule has 14 heavy (non-hydrogen) atoms. The van der Waals surface area contributed by atoms with E-state index in [-0.39, 0.29) is 4.93 Å². The largest absolute Gasteiger partial charge is 0.364 e. The van der Waals surface area contributed by atoms with E-state index in [0.717, 1.165) is 6.61 Å². The Morgan fingerprint density at radius 3 is 2.71 bits per heavy atom. The molecule has 1 aliphatic rings. The zero-order valence-electron chi connectivity index (χ0n) is 9.68. The number of unbranched alkanes of at least 4 members (excludes halogenated alkanes) is 1. The number of thioether (sulfide) groups is 1. The van der Waals surface area contributed by atoms with Crippen LogP contribution in [0.2, 0.25) is 0 Å². The van der Waals surface area contributed by atoms with Crippen LogP contribution in [-0.4, -0.2) is 17.8 Å². The fraction of sp³-hybridized carbons (Fsp3) is 1.00. The molecule has 0 spiro atoms. The van der Waals surface area contributed by atoms with Crippen molar-refractivity contribution in [2.75, 3.05) is 12.9 Å². The van der Waals surface area contributed by atoms with E-state index >= 15 is 0 Å². The van der Waals surface area contributed by atoms with Crippen molar-refractivity contribution in [3.8, 4) is 0 Å². The van der Waals surface area contributed by atoms with Crippen LogP contribution in [0.3, 0.4) is 0 Å². The van der Waals surface area contributed by atoms with Crippen molar-refractivity contribution in [1.29, 1.82) is 0 Å². The molecular formula is C12H24OS. The van der Waals surface area contributed by atoms with Gasteiger partial charge in [-0.05, 0) is 38.4 Å². The topological polar surface area (TPSA) is 9.23 Å². The molecule has 84 valence electrons. The molecule has 1 aliphatic heterocycles. The maximum Gasteiger partial charge on any atom is 0.113 e. The first-order valence-electron chi connectivity index (χ1n) is 6.02. The van der Waals surface area contributed by atoms with Crippen molar-refractivity contribution in [3.05, 3.63) is 0 Å². The van der Waals surface area contributed by atoms with Crippen LogP contribution >= 0.6 is 11.8 Å². The van der Waals surface area contributed by atoms with Gasteiger partial charge >= 0.3 is 0 Å². The highest BCUT2D eigenvalue weighted by atomic mass is 32.2. The van der Waals surface area contributed by atoms with E-state index in [9.17, 15) is 0 Å². The summed E-state index contributed by atoms with van der Waals surface area (Å²) in [6, 6.07) is 0. The van der Waals surface area contributed by atoms with Crippen molar-refractivity contribution in [2.24, 2.45) is 0 Å². The van der Waals surface area contributed by atoms with Crippen LogP contribution in [0.5, 0.6) is 0 Å². The van der Waals surface area contributed by atoms with Gasteiger partial charge in [0.1, 0.15) is 4.93 Å². The number of hydrogen-bond acceptors (Lipinski definition) is 2. The molecule has 0 N–H and O–H groups in total. The molecule has 1 fully saturated rings. The average Bonchev–Trinajstić information content (AvgIpc) is 2.18. The van der Waals surface area contributed by atoms with Crippen molar-refractivity contribution in [3.63, 3.8) is 0 Å². The molecule has 0 saturated carbocycles. The van der Waals surface area contributed by atoms with Gasteiger partial charge in [0.15, 0.2) is 0 Å². The summed E-state index contributed by atoms with van der Waals surface area (Å²) in [5.41, 5.74) is 0. The number of rotatable bonds is 4. The molecule has 0 radical (unpaired) electrons. The van der Waals surface area contributed by atoms with Gasteiger partial charge in [-0.25, -0.2) is 0 Å². The quantitative estimate of drug-likeness (QED) is 0.696. The summed E-state index contributed by atoms with van der Waals surface area (Å²) in [4.78, 5) is 0.163. The Balaban J connectivity index is 2.44. The lowest BCUT2D eigenvalue weighted by molar-refractivity contribution is 0.00201. The van der Waals surface area contributed by atoms with E-state index in [1.54, 1.807) is 0 Å². The molecule has 0 amide bonds. The van der Waals surface area contributed by atoms with Crippen molar-refractivity contribution in [1.82, 2.24) is 0 Å². The first-order chi connectivity index (χ1) is 6.83. The zero-order valence-corrected chi connectivity index (χ0v) is 10.5. The average molecular weight is 216 g/mol. The summed E-state index contributed by atoms with van der Waals surface area (Å²) in [6.07, 6.45) is 12.7. The molecule has 2 heteroatoms. The van der Waals surface area contributed by atoms with Gasteiger partial charge in [-0.3, -0.25) is 0 Å². The summed E-state index contributed by atoms with van der Waals surface area (Å²) < 4.78 is 6.08. The Labute approximate surface area is 93.0 Å². The summed E-state index contributed by atoms with van der Waals surface area (Å²) in [6.45, 7) is 3.24. The summed E-state index contributed by atoms with van der Waals surface area (Å²) >= 11 is 1.93. The zero-order chi connectivity index (χ0) is 10.3. The SMILES string of the molecule is CCCCC1(SC)CCCCCCO1. The van der Waals surface area contributed by atoms with Crippen LogP contribution in [-0.2, 0) is 4.74 Å². The molecule has 1 unspecified atom stereocenters. The van der Waals surface area contributed by atoms with Gasteiger partial charge in [-0.1, -0.05) is 26.2 Å². The van der Waals surface area contributed by atoms with Gasteiger partial charge in [-0.2, -0.15) is 0 Å². The van der Waals surface area contributed by atoms with Gasteiger partial charge in [-0.15, -0.1) is 11.8 Å². The van der Waals surface area contributed by atoms with Gasteiger partial charge in [0.05, 0.1) is 0 Å². The molecule has 0 aliphatic carbocycles. The second-order valence-electron chi connectivity index (χ2n) is 4.23. The minimum Gasteiger partial charge on any atom is -0.364 e. The predicted molar refractivity (Wildman–Crippen MR) is 64.8 cm³/mol. The smallest absolute Gasteiger partial charge is 0.113 e. The first kappa shape index (κ1) is 12.4. The normalized spacial score (nSPS) is 29.6. The fourth-order valence-corrected chi connectivity index (χ4v) is 2.98. The Kier molecular flexibility index (Phi) is 5.95. The monoisotopic (exact) mass is 216 g/mol. The summed E-state index contributed by atoms with van der Waals surface area (Å²) in [5.74, 6) is 0. The molecule has 0 bridgehead atoms. The van der Waals surface area contributed by atoms with E-state index in [2.05, 4.69) is 13.2 Å². The predicted octanol–water partition coefficient (Wildman–Crippen LogP) is 4.22. The van der Waals surface area contributed by atoms with Gasteiger partial charge < -0.3 is 4.74 Å². The van der Waals surface area contributed by atoms with Gasteiger partial charge in [0.2, 0.25) is 0 Å². The lowest BCUT2D eigenvalue weighted by Gasteiger charge is -2.34. The van der Waals surface area contributed by atoms with Gasteiger partial charge in [0, 0.05) is 6.61 Å². The number of hydrogen-bond donors (Lipinski definition) is 0. The van der Waals surface area contributed by atoms with Gasteiger partial charge in [0.25, 0.3) is 0 Å². The van der Waals surface area contributed by atoms with Crippen LogP contribution < -0.4 is 0 Å². The first-order valence-corrected chi connectivity index (χ1v) is 7.24. The third-order valence-electron chi connectivity index (χ3n) is 3.10. The second kappa shape index (κ2) is 6.73. The fourth-order valence-electron chi connectivity index (χ4n) is 2.09. The molecule has 1 nitrogen and oxygen atoms in total. The molecule has 1 atom stereocenters. The maximum absolute atomic E-state index is 6.08. The summed E-state index contributed by atoms with van der Waals surface area (Å²) in [5, 5.41) is 0.